The van der Waals surface area contributed by atoms with Gasteiger partial charge in [-0.3, -0.25) is 9.88 Å². The summed E-state index contributed by atoms with van der Waals surface area (Å²) in [6, 6.07) is 2.57. The van der Waals surface area contributed by atoms with E-state index in [0.717, 1.165) is 5.56 Å². The van der Waals surface area contributed by atoms with Crippen LogP contribution in [0.1, 0.15) is 12.5 Å². The lowest BCUT2D eigenvalue weighted by atomic mass is 10.1. The second-order valence-electron chi connectivity index (χ2n) is 3.86. The highest BCUT2D eigenvalue weighted by Gasteiger charge is 2.43. The van der Waals surface area contributed by atoms with Crippen LogP contribution in [0, 0.1) is 0 Å². The molecule has 0 saturated carbocycles. The summed E-state index contributed by atoms with van der Waals surface area (Å²) < 4.78 is 4.91. The predicted molar refractivity (Wildman–Crippen MR) is 57.1 cm³/mol. The minimum Gasteiger partial charge on any atom is -0.480 e. The zero-order chi connectivity index (χ0) is 12.4. The fourth-order valence-corrected chi connectivity index (χ4v) is 1.84. The van der Waals surface area contributed by atoms with E-state index in [2.05, 4.69) is 4.98 Å². The Morgan fingerprint density at radius 3 is 3.00 bits per heavy atom. The molecule has 2 unspecified atom stereocenters. The van der Waals surface area contributed by atoms with Crippen molar-refractivity contribution in [2.24, 2.45) is 0 Å². The zero-order valence-electron chi connectivity index (χ0n) is 9.24. The Balaban J connectivity index is 2.18. The Morgan fingerprint density at radius 1 is 1.65 bits per heavy atom. The molecule has 1 N–H and O–H groups in total. The molecule has 1 aliphatic rings. The molecule has 1 amide bonds. The van der Waals surface area contributed by atoms with Crippen LogP contribution in [0.4, 0.5) is 4.79 Å². The predicted octanol–water partition coefficient (Wildman–Crippen LogP) is 0.875. The molecule has 1 aliphatic heterocycles. The number of amides is 1. The number of aromatic nitrogens is 1. The summed E-state index contributed by atoms with van der Waals surface area (Å²) in [4.78, 5) is 27.7. The third kappa shape index (κ3) is 2.20. The Bertz CT molecular complexity index is 434. The fraction of sp³-hybridized carbons (Fsp3) is 0.364. The molecule has 0 radical (unpaired) electrons. The maximum absolute atomic E-state index is 11.5. The first-order valence-corrected chi connectivity index (χ1v) is 5.18. The highest BCUT2D eigenvalue weighted by molar-refractivity contribution is 5.83. The van der Waals surface area contributed by atoms with Crippen LogP contribution in [0.2, 0.25) is 0 Å². The van der Waals surface area contributed by atoms with Gasteiger partial charge in [0, 0.05) is 12.4 Å². The van der Waals surface area contributed by atoms with Crippen LogP contribution in [0.5, 0.6) is 0 Å². The molecule has 1 aromatic heterocycles. The van der Waals surface area contributed by atoms with E-state index < -0.39 is 24.2 Å². The Kier molecular flexibility index (Phi) is 2.95. The van der Waals surface area contributed by atoms with Gasteiger partial charge in [0.25, 0.3) is 0 Å². The maximum Gasteiger partial charge on any atom is 0.411 e. The molecule has 0 aliphatic carbocycles. The maximum atomic E-state index is 11.5. The van der Waals surface area contributed by atoms with Crippen molar-refractivity contribution in [3.8, 4) is 0 Å². The van der Waals surface area contributed by atoms with Gasteiger partial charge in [-0.25, -0.2) is 9.59 Å². The third-order valence-electron chi connectivity index (χ3n) is 2.63. The first-order chi connectivity index (χ1) is 8.09. The number of carboxylic acids is 1. The summed E-state index contributed by atoms with van der Waals surface area (Å²) in [5, 5.41) is 9.06. The number of cyclic esters (lactones) is 1. The quantitative estimate of drug-likeness (QED) is 0.842. The number of carboxylic acid groups (broad SMARTS) is 1. The topological polar surface area (TPSA) is 79.7 Å². The second kappa shape index (κ2) is 4.40. The van der Waals surface area contributed by atoms with Crippen molar-refractivity contribution in [3.05, 3.63) is 30.1 Å². The molecule has 2 atom stereocenters. The number of rotatable bonds is 3. The van der Waals surface area contributed by atoms with Crippen LogP contribution in [-0.2, 0) is 16.1 Å². The average Bonchev–Trinajstić information content (AvgIpc) is 2.55. The molecule has 0 bridgehead atoms. The summed E-state index contributed by atoms with van der Waals surface area (Å²) >= 11 is 0. The molecule has 1 fully saturated rings. The average molecular weight is 236 g/mol. The van der Waals surface area contributed by atoms with E-state index in [0.29, 0.717) is 0 Å². The van der Waals surface area contributed by atoms with Crippen molar-refractivity contribution in [1.82, 2.24) is 9.88 Å². The van der Waals surface area contributed by atoms with Gasteiger partial charge >= 0.3 is 12.1 Å². The zero-order valence-corrected chi connectivity index (χ0v) is 9.24. The van der Waals surface area contributed by atoms with Crippen molar-refractivity contribution >= 4 is 12.1 Å². The summed E-state index contributed by atoms with van der Waals surface area (Å²) in [5.74, 6) is -1.06. The van der Waals surface area contributed by atoms with Crippen molar-refractivity contribution in [1.29, 1.82) is 0 Å². The standard InChI is InChI=1S/C11H12N2O4/c1-7-9(10(14)15)13(11(16)17-7)6-8-3-2-4-12-5-8/h2-5,7,9H,6H2,1H3,(H,14,15). The van der Waals surface area contributed by atoms with E-state index in [1.165, 1.54) is 4.90 Å². The number of carbonyl (C=O) groups excluding carboxylic acids is 1. The Hall–Kier alpha value is -2.11. The Morgan fingerprint density at radius 2 is 2.41 bits per heavy atom. The van der Waals surface area contributed by atoms with E-state index >= 15 is 0 Å². The molecule has 0 aromatic carbocycles. The van der Waals surface area contributed by atoms with Crippen molar-refractivity contribution in [2.75, 3.05) is 0 Å². The molecule has 17 heavy (non-hydrogen) atoms. The second-order valence-corrected chi connectivity index (χ2v) is 3.86. The number of hydrogen-bond donors (Lipinski definition) is 1. The largest absolute Gasteiger partial charge is 0.480 e. The van der Waals surface area contributed by atoms with E-state index in [1.807, 2.05) is 0 Å². The Labute approximate surface area is 97.8 Å². The van der Waals surface area contributed by atoms with Crippen LogP contribution in [0.25, 0.3) is 0 Å². The van der Waals surface area contributed by atoms with Crippen molar-refractivity contribution in [3.63, 3.8) is 0 Å². The molecular weight excluding hydrogens is 224 g/mol. The number of ether oxygens (including phenoxy) is 1. The van der Waals surface area contributed by atoms with Gasteiger partial charge in [0.1, 0.15) is 6.10 Å². The van der Waals surface area contributed by atoms with E-state index in [9.17, 15) is 9.59 Å². The molecule has 6 heteroatoms. The van der Waals surface area contributed by atoms with Crippen LogP contribution in [0.3, 0.4) is 0 Å². The number of hydrogen-bond acceptors (Lipinski definition) is 4. The summed E-state index contributed by atoms with van der Waals surface area (Å²) in [6.45, 7) is 1.76. The SMILES string of the molecule is CC1OC(=O)N(Cc2cccnc2)C1C(=O)O. The summed E-state index contributed by atoms with van der Waals surface area (Å²) in [5.41, 5.74) is 0.768. The number of pyridine rings is 1. The minimum atomic E-state index is -1.06. The van der Waals surface area contributed by atoms with Crippen LogP contribution >= 0.6 is 0 Å². The van der Waals surface area contributed by atoms with Crippen molar-refractivity contribution < 1.29 is 19.4 Å². The highest BCUT2D eigenvalue weighted by Crippen LogP contribution is 2.21. The van der Waals surface area contributed by atoms with Crippen LogP contribution < -0.4 is 0 Å². The first kappa shape index (κ1) is 11.4. The first-order valence-electron chi connectivity index (χ1n) is 5.18. The highest BCUT2D eigenvalue weighted by atomic mass is 16.6. The molecule has 2 rings (SSSR count). The number of carbonyl (C=O) groups is 2. The summed E-state index contributed by atoms with van der Waals surface area (Å²) in [7, 11) is 0. The van der Waals surface area contributed by atoms with Crippen molar-refractivity contribution in [2.45, 2.75) is 25.6 Å². The van der Waals surface area contributed by atoms with Gasteiger partial charge in [-0.15, -0.1) is 0 Å². The van der Waals surface area contributed by atoms with Gasteiger partial charge in [0.15, 0.2) is 6.04 Å². The lowest BCUT2D eigenvalue weighted by Crippen LogP contribution is -2.41. The number of aliphatic carboxylic acids is 1. The van der Waals surface area contributed by atoms with Crippen LogP contribution in [-0.4, -0.2) is 39.2 Å². The van der Waals surface area contributed by atoms with Gasteiger partial charge < -0.3 is 9.84 Å². The molecule has 0 spiro atoms. The normalized spacial score (nSPS) is 23.6. The molecule has 1 aromatic rings. The fourth-order valence-electron chi connectivity index (χ4n) is 1.84. The molecule has 2 heterocycles. The van der Waals surface area contributed by atoms with Gasteiger partial charge in [-0.2, -0.15) is 0 Å². The summed E-state index contributed by atoms with van der Waals surface area (Å²) in [6.07, 6.45) is 1.96. The lowest BCUT2D eigenvalue weighted by molar-refractivity contribution is -0.142. The third-order valence-corrected chi connectivity index (χ3v) is 2.63. The lowest BCUT2D eigenvalue weighted by Gasteiger charge is -2.19. The molecule has 90 valence electrons. The smallest absolute Gasteiger partial charge is 0.411 e. The van der Waals surface area contributed by atoms with E-state index in [1.54, 1.807) is 31.5 Å². The number of nitrogens with zero attached hydrogens (tertiary/aromatic N) is 2. The van der Waals surface area contributed by atoms with Gasteiger partial charge in [0.05, 0.1) is 6.54 Å². The minimum absolute atomic E-state index is 0.188. The van der Waals surface area contributed by atoms with Crippen LogP contribution in [0.15, 0.2) is 24.5 Å². The molecular formula is C11H12N2O4. The molecule has 6 nitrogen and oxygen atoms in total. The monoisotopic (exact) mass is 236 g/mol. The van der Waals surface area contributed by atoms with E-state index in [4.69, 9.17) is 9.84 Å². The van der Waals surface area contributed by atoms with Gasteiger partial charge in [0.2, 0.25) is 0 Å². The van der Waals surface area contributed by atoms with Gasteiger partial charge in [-0.05, 0) is 18.6 Å². The van der Waals surface area contributed by atoms with E-state index in [-0.39, 0.29) is 6.54 Å². The van der Waals surface area contributed by atoms with Gasteiger partial charge in [-0.1, -0.05) is 6.07 Å². The molecule has 1 saturated heterocycles.